The topological polar surface area (TPSA) is 9.23 Å². The quantitative estimate of drug-likeness (QED) is 0.264. The molecule has 1 nitrogen and oxygen atoms in total. The van der Waals surface area contributed by atoms with Gasteiger partial charge in [0.2, 0.25) is 0 Å². The standard InChI is InChI=1S/C29H44O/c1-3-5-22-30-23-27-12-10-25(11-13-27)8-6-7-9-26-16-20-29(21-17-26)28-18-14-24(4-2)15-19-28/h3-5,10-13,24,26,28-29H,2,6-9,14-23H2,1H3/b5-3+/t24-,26?,28-,29?. The molecule has 0 unspecified atom stereocenters. The highest BCUT2D eigenvalue weighted by Crippen LogP contribution is 2.42. The minimum Gasteiger partial charge on any atom is -0.373 e. The van der Waals surface area contributed by atoms with Crippen LogP contribution in [0.5, 0.6) is 0 Å². The maximum absolute atomic E-state index is 5.63. The maximum atomic E-state index is 5.63. The molecule has 2 fully saturated rings. The van der Waals surface area contributed by atoms with Crippen molar-refractivity contribution < 1.29 is 4.74 Å². The summed E-state index contributed by atoms with van der Waals surface area (Å²) in [6.45, 7) is 7.44. The summed E-state index contributed by atoms with van der Waals surface area (Å²) in [5, 5.41) is 0. The number of rotatable bonds is 11. The summed E-state index contributed by atoms with van der Waals surface area (Å²) >= 11 is 0. The van der Waals surface area contributed by atoms with E-state index in [-0.39, 0.29) is 0 Å². The lowest BCUT2D eigenvalue weighted by Gasteiger charge is -2.37. The summed E-state index contributed by atoms with van der Waals surface area (Å²) in [4.78, 5) is 0. The Balaban J connectivity index is 1.25. The second-order valence-corrected chi connectivity index (χ2v) is 9.84. The van der Waals surface area contributed by atoms with E-state index in [2.05, 4.69) is 43.0 Å². The molecule has 0 atom stereocenters. The molecule has 0 N–H and O–H groups in total. The van der Waals surface area contributed by atoms with Gasteiger partial charge in [-0.1, -0.05) is 68.2 Å². The predicted octanol–water partition coefficient (Wildman–Crippen LogP) is 8.29. The lowest BCUT2D eigenvalue weighted by atomic mass is 9.68. The van der Waals surface area contributed by atoms with E-state index < -0.39 is 0 Å². The SMILES string of the molecule is C=C[C@H]1CC[C@H](C2CCC(CCCCc3ccc(COC/C=C/C)cc3)CC2)CC1. The smallest absolute Gasteiger partial charge is 0.0721 e. The fourth-order valence-electron chi connectivity index (χ4n) is 5.71. The molecule has 0 amide bonds. The van der Waals surface area contributed by atoms with Gasteiger partial charge >= 0.3 is 0 Å². The van der Waals surface area contributed by atoms with Crippen molar-refractivity contribution in [2.45, 2.75) is 90.6 Å². The van der Waals surface area contributed by atoms with Crippen molar-refractivity contribution in [3.05, 3.63) is 60.2 Å². The Morgan fingerprint density at radius 3 is 2.13 bits per heavy atom. The summed E-state index contributed by atoms with van der Waals surface area (Å²) in [5.74, 6) is 3.87. The number of benzene rings is 1. The molecule has 30 heavy (non-hydrogen) atoms. The van der Waals surface area contributed by atoms with Gasteiger partial charge in [0.25, 0.3) is 0 Å². The van der Waals surface area contributed by atoms with Crippen molar-refractivity contribution in [2.75, 3.05) is 6.61 Å². The van der Waals surface area contributed by atoms with Crippen LogP contribution in [0.1, 0.15) is 88.7 Å². The minimum absolute atomic E-state index is 0.705. The van der Waals surface area contributed by atoms with Gasteiger partial charge in [0.15, 0.2) is 0 Å². The van der Waals surface area contributed by atoms with Crippen LogP contribution in [0.25, 0.3) is 0 Å². The molecule has 166 valence electrons. The molecule has 0 saturated heterocycles. The van der Waals surface area contributed by atoms with Crippen LogP contribution in [-0.2, 0) is 17.8 Å². The average molecular weight is 409 g/mol. The van der Waals surface area contributed by atoms with Gasteiger partial charge in [-0.3, -0.25) is 0 Å². The highest BCUT2D eigenvalue weighted by atomic mass is 16.5. The Morgan fingerprint density at radius 1 is 0.867 bits per heavy atom. The molecule has 1 aromatic carbocycles. The number of aryl methyl sites for hydroxylation is 1. The van der Waals surface area contributed by atoms with Gasteiger partial charge in [-0.05, 0) is 93.1 Å². The zero-order chi connectivity index (χ0) is 21.0. The first-order chi connectivity index (χ1) is 14.8. The lowest BCUT2D eigenvalue weighted by Crippen LogP contribution is -2.25. The third kappa shape index (κ3) is 7.73. The molecule has 1 heteroatoms. The minimum atomic E-state index is 0.705. The van der Waals surface area contributed by atoms with E-state index in [1.54, 1.807) is 0 Å². The molecule has 0 radical (unpaired) electrons. The Hall–Kier alpha value is -1.34. The highest BCUT2D eigenvalue weighted by molar-refractivity contribution is 5.22. The van der Waals surface area contributed by atoms with Crippen LogP contribution in [0.3, 0.4) is 0 Å². The zero-order valence-corrected chi connectivity index (χ0v) is 19.4. The summed E-state index contributed by atoms with van der Waals surface area (Å²) in [6.07, 6.45) is 23.4. The van der Waals surface area contributed by atoms with Crippen LogP contribution in [0, 0.1) is 23.7 Å². The number of hydrogen-bond acceptors (Lipinski definition) is 1. The van der Waals surface area contributed by atoms with E-state index in [1.165, 1.54) is 88.2 Å². The third-order valence-corrected chi connectivity index (χ3v) is 7.78. The summed E-state index contributed by atoms with van der Waals surface area (Å²) in [6, 6.07) is 9.05. The monoisotopic (exact) mass is 408 g/mol. The van der Waals surface area contributed by atoms with Crippen LogP contribution < -0.4 is 0 Å². The van der Waals surface area contributed by atoms with Crippen LogP contribution in [0.15, 0.2) is 49.1 Å². The van der Waals surface area contributed by atoms with Gasteiger partial charge in [0.1, 0.15) is 0 Å². The van der Waals surface area contributed by atoms with Crippen molar-refractivity contribution in [3.63, 3.8) is 0 Å². The van der Waals surface area contributed by atoms with E-state index in [0.29, 0.717) is 13.2 Å². The van der Waals surface area contributed by atoms with E-state index >= 15 is 0 Å². The van der Waals surface area contributed by atoms with Gasteiger partial charge in [-0.25, -0.2) is 0 Å². The van der Waals surface area contributed by atoms with Crippen molar-refractivity contribution in [2.24, 2.45) is 23.7 Å². The van der Waals surface area contributed by atoms with Gasteiger partial charge in [0.05, 0.1) is 13.2 Å². The molecule has 0 heterocycles. The highest BCUT2D eigenvalue weighted by Gasteiger charge is 2.29. The largest absolute Gasteiger partial charge is 0.373 e. The lowest BCUT2D eigenvalue weighted by molar-refractivity contribution is 0.148. The van der Waals surface area contributed by atoms with Gasteiger partial charge < -0.3 is 4.74 Å². The van der Waals surface area contributed by atoms with Gasteiger partial charge in [-0.2, -0.15) is 0 Å². The molecular weight excluding hydrogens is 364 g/mol. The number of ether oxygens (including phenoxy) is 1. The normalized spacial score (nSPS) is 27.4. The van der Waals surface area contributed by atoms with Crippen LogP contribution in [0.2, 0.25) is 0 Å². The molecule has 1 aromatic rings. The Labute approximate surface area is 186 Å². The van der Waals surface area contributed by atoms with Crippen molar-refractivity contribution >= 4 is 0 Å². The first-order valence-corrected chi connectivity index (χ1v) is 12.7. The Morgan fingerprint density at radius 2 is 1.50 bits per heavy atom. The summed E-state index contributed by atoms with van der Waals surface area (Å²) in [5.41, 5.74) is 2.75. The van der Waals surface area contributed by atoms with Crippen LogP contribution in [0.4, 0.5) is 0 Å². The second-order valence-electron chi connectivity index (χ2n) is 9.84. The van der Waals surface area contributed by atoms with E-state index in [9.17, 15) is 0 Å². The number of hydrogen-bond donors (Lipinski definition) is 0. The van der Waals surface area contributed by atoms with E-state index in [0.717, 1.165) is 23.7 Å². The summed E-state index contributed by atoms with van der Waals surface area (Å²) in [7, 11) is 0. The Kier molecular flexibility index (Phi) is 10.2. The second kappa shape index (κ2) is 13.2. The van der Waals surface area contributed by atoms with Crippen molar-refractivity contribution in [1.29, 1.82) is 0 Å². The molecule has 3 rings (SSSR count). The van der Waals surface area contributed by atoms with E-state index in [1.807, 2.05) is 13.0 Å². The maximum Gasteiger partial charge on any atom is 0.0721 e. The molecule has 2 saturated carbocycles. The molecule has 2 aliphatic carbocycles. The molecule has 0 aliphatic heterocycles. The number of unbranched alkanes of at least 4 members (excludes halogenated alkanes) is 1. The summed E-state index contributed by atoms with van der Waals surface area (Å²) < 4.78 is 5.63. The van der Waals surface area contributed by atoms with Crippen LogP contribution >= 0.6 is 0 Å². The van der Waals surface area contributed by atoms with Crippen molar-refractivity contribution in [3.8, 4) is 0 Å². The van der Waals surface area contributed by atoms with Gasteiger partial charge in [0, 0.05) is 0 Å². The average Bonchev–Trinajstić information content (AvgIpc) is 2.81. The molecule has 0 spiro atoms. The Bertz CT molecular complexity index is 612. The molecular formula is C29H44O. The molecule has 0 bridgehead atoms. The van der Waals surface area contributed by atoms with E-state index in [4.69, 9.17) is 4.74 Å². The van der Waals surface area contributed by atoms with Crippen LogP contribution in [-0.4, -0.2) is 6.61 Å². The predicted molar refractivity (Wildman–Crippen MR) is 130 cm³/mol. The fraction of sp³-hybridized carbons (Fsp3) is 0.655. The van der Waals surface area contributed by atoms with Crippen molar-refractivity contribution in [1.82, 2.24) is 0 Å². The fourth-order valence-corrected chi connectivity index (χ4v) is 5.71. The number of allylic oxidation sites excluding steroid dienone is 2. The zero-order valence-electron chi connectivity index (χ0n) is 19.4. The molecule has 0 aromatic heterocycles. The third-order valence-electron chi connectivity index (χ3n) is 7.78. The first kappa shape index (κ1) is 23.3. The van der Waals surface area contributed by atoms with Gasteiger partial charge in [-0.15, -0.1) is 6.58 Å². The first-order valence-electron chi connectivity index (χ1n) is 12.7. The molecule has 2 aliphatic rings.